The highest BCUT2D eigenvalue weighted by Crippen LogP contribution is 2.20. The second-order valence-electron chi connectivity index (χ2n) is 6.58. The van der Waals surface area contributed by atoms with Crippen molar-refractivity contribution in [1.82, 2.24) is 9.97 Å². The Kier molecular flexibility index (Phi) is 6.07. The van der Waals surface area contributed by atoms with Gasteiger partial charge >= 0.3 is 0 Å². The number of hydrogen-bond donors (Lipinski definition) is 1. The van der Waals surface area contributed by atoms with Crippen LogP contribution in [-0.2, 0) is 23.1 Å². The maximum atomic E-state index is 12.8. The molecule has 0 spiro atoms. The normalized spacial score (nSPS) is 11.7. The first kappa shape index (κ1) is 19.0. The summed E-state index contributed by atoms with van der Waals surface area (Å²) in [7, 11) is -1.17. The summed E-state index contributed by atoms with van der Waals surface area (Å²) in [6.07, 6.45) is 0. The summed E-state index contributed by atoms with van der Waals surface area (Å²) in [6.45, 7) is 0.660. The molecule has 0 radical (unpaired) electrons. The Morgan fingerprint density at radius 1 is 0.759 bits per heavy atom. The van der Waals surface area contributed by atoms with Gasteiger partial charge in [-0.05, 0) is 17.7 Å². The van der Waals surface area contributed by atoms with E-state index in [-0.39, 0.29) is 0 Å². The third-order valence-corrected chi connectivity index (χ3v) is 5.77. The average Bonchev–Trinajstić information content (AvgIpc) is 2.79. The summed E-state index contributed by atoms with van der Waals surface area (Å²) in [5.41, 5.74) is 2.85. The molecule has 1 unspecified atom stereocenters. The van der Waals surface area contributed by atoms with Crippen LogP contribution in [0.15, 0.2) is 102 Å². The third-order valence-electron chi connectivity index (χ3n) is 4.41. The summed E-state index contributed by atoms with van der Waals surface area (Å²) >= 11 is 0. The minimum absolute atomic E-state index is 0.340. The first-order chi connectivity index (χ1) is 14.3. The molecule has 4 aromatic rings. The maximum absolute atomic E-state index is 12.8. The van der Waals surface area contributed by atoms with Crippen LogP contribution in [0, 0.1) is 0 Å². The standard InChI is InChI=1S/C24H21N3OS/c28-29(22-14-8-3-9-15-22)18-21-16-23(25-17-19-10-4-1-5-11-19)27-24(26-21)20-12-6-2-7-13-20/h1-16H,17-18H2,(H,25,26,27). The number of anilines is 1. The molecule has 1 aromatic heterocycles. The molecule has 1 heterocycles. The lowest BCUT2D eigenvalue weighted by Gasteiger charge is -2.11. The van der Waals surface area contributed by atoms with Crippen molar-refractivity contribution in [2.45, 2.75) is 17.2 Å². The van der Waals surface area contributed by atoms with E-state index in [1.807, 2.05) is 84.9 Å². The third kappa shape index (κ3) is 5.15. The second kappa shape index (κ2) is 9.26. The Balaban J connectivity index is 1.62. The van der Waals surface area contributed by atoms with Crippen molar-refractivity contribution in [3.8, 4) is 11.4 Å². The molecule has 1 N–H and O–H groups in total. The Labute approximate surface area is 173 Å². The fraction of sp³-hybridized carbons (Fsp3) is 0.0833. The first-order valence-electron chi connectivity index (χ1n) is 9.42. The number of nitrogens with one attached hydrogen (secondary N) is 1. The van der Waals surface area contributed by atoms with Crippen molar-refractivity contribution in [3.05, 3.63) is 108 Å². The predicted octanol–water partition coefficient (Wildman–Crippen LogP) is 5.06. The molecule has 3 aromatic carbocycles. The molecule has 5 heteroatoms. The van der Waals surface area contributed by atoms with Gasteiger partial charge in [0.15, 0.2) is 5.82 Å². The molecule has 0 saturated heterocycles. The fourth-order valence-electron chi connectivity index (χ4n) is 2.96. The van der Waals surface area contributed by atoms with Crippen molar-refractivity contribution in [3.63, 3.8) is 0 Å². The Hall–Kier alpha value is -3.31. The lowest BCUT2D eigenvalue weighted by molar-refractivity contribution is 0.682. The summed E-state index contributed by atoms with van der Waals surface area (Å²) in [6, 6.07) is 31.4. The van der Waals surface area contributed by atoms with E-state index in [1.165, 1.54) is 5.56 Å². The molecule has 0 aliphatic heterocycles. The summed E-state index contributed by atoms with van der Waals surface area (Å²) in [4.78, 5) is 10.2. The van der Waals surface area contributed by atoms with E-state index >= 15 is 0 Å². The quantitative estimate of drug-likeness (QED) is 0.472. The number of hydrogen-bond acceptors (Lipinski definition) is 4. The summed E-state index contributed by atoms with van der Waals surface area (Å²) in [5.74, 6) is 1.69. The van der Waals surface area contributed by atoms with Gasteiger partial charge in [-0.3, -0.25) is 4.21 Å². The molecule has 0 fully saturated rings. The van der Waals surface area contributed by atoms with Crippen LogP contribution in [-0.4, -0.2) is 14.2 Å². The van der Waals surface area contributed by atoms with Crippen LogP contribution in [0.4, 0.5) is 5.82 Å². The highest BCUT2D eigenvalue weighted by atomic mass is 32.2. The summed E-state index contributed by atoms with van der Waals surface area (Å²) in [5, 5.41) is 3.37. The van der Waals surface area contributed by atoms with Crippen LogP contribution >= 0.6 is 0 Å². The van der Waals surface area contributed by atoms with E-state index < -0.39 is 10.8 Å². The van der Waals surface area contributed by atoms with Crippen LogP contribution < -0.4 is 5.32 Å². The van der Waals surface area contributed by atoms with Crippen LogP contribution in [0.25, 0.3) is 11.4 Å². The Morgan fingerprint density at radius 3 is 2.07 bits per heavy atom. The zero-order valence-electron chi connectivity index (χ0n) is 15.9. The first-order valence-corrected chi connectivity index (χ1v) is 10.7. The van der Waals surface area contributed by atoms with E-state index in [2.05, 4.69) is 27.4 Å². The fourth-order valence-corrected chi connectivity index (χ4v) is 4.00. The Bertz CT molecular complexity index is 1090. The van der Waals surface area contributed by atoms with Gasteiger partial charge in [-0.2, -0.15) is 0 Å². The minimum Gasteiger partial charge on any atom is -0.366 e. The van der Waals surface area contributed by atoms with E-state index in [0.717, 1.165) is 22.0 Å². The molecule has 0 saturated carbocycles. The van der Waals surface area contributed by atoms with E-state index in [9.17, 15) is 4.21 Å². The van der Waals surface area contributed by atoms with Gasteiger partial charge in [-0.1, -0.05) is 78.9 Å². The minimum atomic E-state index is -1.17. The van der Waals surface area contributed by atoms with Gasteiger partial charge in [0, 0.05) is 23.1 Å². The molecule has 0 aliphatic rings. The molecule has 1 atom stereocenters. The predicted molar refractivity (Wildman–Crippen MR) is 118 cm³/mol. The van der Waals surface area contributed by atoms with Gasteiger partial charge in [-0.25, -0.2) is 9.97 Å². The number of nitrogens with zero attached hydrogens (tertiary/aromatic N) is 2. The van der Waals surface area contributed by atoms with Crippen molar-refractivity contribution >= 4 is 16.6 Å². The van der Waals surface area contributed by atoms with Crippen molar-refractivity contribution in [1.29, 1.82) is 0 Å². The van der Waals surface area contributed by atoms with Crippen molar-refractivity contribution in [2.24, 2.45) is 0 Å². The van der Waals surface area contributed by atoms with Crippen LogP contribution in [0.5, 0.6) is 0 Å². The molecule has 0 amide bonds. The smallest absolute Gasteiger partial charge is 0.161 e. The summed E-state index contributed by atoms with van der Waals surface area (Å²) < 4.78 is 12.8. The highest BCUT2D eigenvalue weighted by molar-refractivity contribution is 7.84. The lowest BCUT2D eigenvalue weighted by atomic mass is 10.2. The van der Waals surface area contributed by atoms with E-state index in [4.69, 9.17) is 0 Å². The maximum Gasteiger partial charge on any atom is 0.161 e. The van der Waals surface area contributed by atoms with E-state index in [1.54, 1.807) is 0 Å². The largest absolute Gasteiger partial charge is 0.366 e. The molecule has 4 rings (SSSR count). The van der Waals surface area contributed by atoms with Gasteiger partial charge in [0.2, 0.25) is 0 Å². The molecule has 0 aliphatic carbocycles. The molecular weight excluding hydrogens is 378 g/mol. The average molecular weight is 400 g/mol. The zero-order valence-corrected chi connectivity index (χ0v) is 16.7. The lowest BCUT2D eigenvalue weighted by Crippen LogP contribution is -2.06. The van der Waals surface area contributed by atoms with Crippen LogP contribution in [0.2, 0.25) is 0 Å². The van der Waals surface area contributed by atoms with Gasteiger partial charge < -0.3 is 5.32 Å². The van der Waals surface area contributed by atoms with Crippen LogP contribution in [0.3, 0.4) is 0 Å². The van der Waals surface area contributed by atoms with Gasteiger partial charge in [-0.15, -0.1) is 0 Å². The second-order valence-corrected chi connectivity index (χ2v) is 8.03. The number of aromatic nitrogens is 2. The molecule has 4 nitrogen and oxygen atoms in total. The molecule has 0 bridgehead atoms. The van der Waals surface area contributed by atoms with Crippen molar-refractivity contribution in [2.75, 3.05) is 5.32 Å². The topological polar surface area (TPSA) is 54.9 Å². The monoisotopic (exact) mass is 399 g/mol. The van der Waals surface area contributed by atoms with Gasteiger partial charge in [0.05, 0.1) is 22.2 Å². The SMILES string of the molecule is O=S(Cc1cc(NCc2ccccc2)nc(-c2ccccc2)n1)c1ccccc1. The van der Waals surface area contributed by atoms with Crippen LogP contribution in [0.1, 0.15) is 11.3 Å². The highest BCUT2D eigenvalue weighted by Gasteiger charge is 2.11. The zero-order chi connectivity index (χ0) is 19.9. The van der Waals surface area contributed by atoms with Gasteiger partial charge in [0.25, 0.3) is 0 Å². The number of rotatable bonds is 7. The molecular formula is C24H21N3OS. The van der Waals surface area contributed by atoms with Gasteiger partial charge in [0.1, 0.15) is 5.82 Å². The molecule has 144 valence electrons. The Morgan fingerprint density at radius 2 is 1.38 bits per heavy atom. The van der Waals surface area contributed by atoms with Crippen molar-refractivity contribution < 1.29 is 4.21 Å². The number of benzene rings is 3. The van der Waals surface area contributed by atoms with E-state index in [0.29, 0.717) is 18.1 Å². The molecule has 29 heavy (non-hydrogen) atoms.